The molecule has 0 saturated heterocycles. The zero-order chi connectivity index (χ0) is 20.1. The highest BCUT2D eigenvalue weighted by atomic mass is 19.1. The van der Waals surface area contributed by atoms with Crippen LogP contribution in [0.5, 0.6) is 5.75 Å². The van der Waals surface area contributed by atoms with Crippen LogP contribution < -0.4 is 10.1 Å². The molecule has 0 radical (unpaired) electrons. The number of non-ortho nitro benzene ring substituents is 1. The van der Waals surface area contributed by atoms with Gasteiger partial charge in [-0.15, -0.1) is 0 Å². The first kappa shape index (κ1) is 19.8. The van der Waals surface area contributed by atoms with Crippen molar-refractivity contribution in [1.82, 2.24) is 0 Å². The summed E-state index contributed by atoms with van der Waals surface area (Å²) in [4.78, 5) is 34.2. The number of methoxy groups -OCH3 is 1. The molecule has 27 heavy (non-hydrogen) atoms. The molecular formula is C17H14F2N2O6. The van der Waals surface area contributed by atoms with E-state index in [9.17, 15) is 28.5 Å². The Labute approximate surface area is 151 Å². The number of halogens is 2. The minimum absolute atomic E-state index is 0.0284. The Kier molecular flexibility index (Phi) is 6.01. The third kappa shape index (κ3) is 4.75. The zero-order valence-electron chi connectivity index (χ0n) is 14.2. The topological polar surface area (TPSA) is 108 Å². The van der Waals surface area contributed by atoms with Crippen molar-refractivity contribution in [2.24, 2.45) is 0 Å². The molecule has 2 aromatic rings. The highest BCUT2D eigenvalue weighted by molar-refractivity contribution is 5.98. The van der Waals surface area contributed by atoms with Gasteiger partial charge >= 0.3 is 5.97 Å². The molecule has 0 unspecified atom stereocenters. The number of hydrogen-bond donors (Lipinski definition) is 1. The molecule has 1 amide bonds. The maximum absolute atomic E-state index is 13.6. The van der Waals surface area contributed by atoms with E-state index >= 15 is 0 Å². The van der Waals surface area contributed by atoms with Crippen molar-refractivity contribution in [3.05, 3.63) is 63.7 Å². The van der Waals surface area contributed by atoms with Crippen LogP contribution in [0.3, 0.4) is 0 Å². The van der Waals surface area contributed by atoms with Gasteiger partial charge in [-0.1, -0.05) is 0 Å². The van der Waals surface area contributed by atoms with Gasteiger partial charge in [0.2, 0.25) is 0 Å². The number of anilines is 1. The van der Waals surface area contributed by atoms with Crippen molar-refractivity contribution < 1.29 is 32.8 Å². The highest BCUT2D eigenvalue weighted by Crippen LogP contribution is 2.29. The standard InChI is InChI=1S/C17H14F2N2O6/c1-9(27-17(23)12-5-3-10(18)7-13(12)19)16(22)20-14-6-4-11(21(24)25)8-15(14)26-2/h3-9H,1-2H3,(H,20,22)/t9-/m1/s1. The summed E-state index contributed by atoms with van der Waals surface area (Å²) < 4.78 is 36.3. The number of hydrogen-bond acceptors (Lipinski definition) is 6. The second-order valence-electron chi connectivity index (χ2n) is 5.30. The average Bonchev–Trinajstić information content (AvgIpc) is 2.61. The molecule has 2 aromatic carbocycles. The molecule has 0 heterocycles. The molecule has 2 rings (SSSR count). The smallest absolute Gasteiger partial charge is 0.341 e. The van der Waals surface area contributed by atoms with E-state index in [2.05, 4.69) is 5.32 Å². The molecule has 0 fully saturated rings. The summed E-state index contributed by atoms with van der Waals surface area (Å²) in [6.45, 7) is 1.24. The normalized spacial score (nSPS) is 11.4. The quantitative estimate of drug-likeness (QED) is 0.469. The second kappa shape index (κ2) is 8.21. The summed E-state index contributed by atoms with van der Waals surface area (Å²) in [6, 6.07) is 5.82. The Hall–Kier alpha value is -3.56. The van der Waals surface area contributed by atoms with E-state index in [1.54, 1.807) is 0 Å². The predicted molar refractivity (Wildman–Crippen MR) is 89.5 cm³/mol. The summed E-state index contributed by atoms with van der Waals surface area (Å²) in [7, 11) is 1.26. The first-order chi connectivity index (χ1) is 12.7. The van der Waals surface area contributed by atoms with Gasteiger partial charge < -0.3 is 14.8 Å². The fraction of sp³-hybridized carbons (Fsp3) is 0.176. The van der Waals surface area contributed by atoms with Gasteiger partial charge in [-0.2, -0.15) is 0 Å². The number of nitrogens with zero attached hydrogens (tertiary/aromatic N) is 1. The molecule has 0 aliphatic carbocycles. The van der Waals surface area contributed by atoms with Crippen LogP contribution in [0.2, 0.25) is 0 Å². The molecule has 1 N–H and O–H groups in total. The lowest BCUT2D eigenvalue weighted by atomic mass is 10.2. The number of carbonyl (C=O) groups is 2. The largest absolute Gasteiger partial charge is 0.494 e. The highest BCUT2D eigenvalue weighted by Gasteiger charge is 2.23. The van der Waals surface area contributed by atoms with Gasteiger partial charge in [-0.25, -0.2) is 13.6 Å². The maximum atomic E-state index is 13.6. The maximum Gasteiger partial charge on any atom is 0.341 e. The fourth-order valence-electron chi connectivity index (χ4n) is 2.06. The van der Waals surface area contributed by atoms with E-state index in [-0.39, 0.29) is 17.1 Å². The van der Waals surface area contributed by atoms with Gasteiger partial charge in [0.1, 0.15) is 17.4 Å². The Balaban J connectivity index is 2.09. The molecule has 8 nitrogen and oxygen atoms in total. The number of rotatable bonds is 6. The van der Waals surface area contributed by atoms with Crippen LogP contribution in [0.1, 0.15) is 17.3 Å². The summed E-state index contributed by atoms with van der Waals surface area (Å²) in [6.07, 6.45) is -1.33. The number of benzene rings is 2. The Bertz CT molecular complexity index is 903. The minimum atomic E-state index is -1.33. The summed E-state index contributed by atoms with van der Waals surface area (Å²) >= 11 is 0. The van der Waals surface area contributed by atoms with Crippen LogP contribution in [0, 0.1) is 21.7 Å². The SMILES string of the molecule is COc1cc([N+](=O)[O-])ccc1NC(=O)[C@@H](C)OC(=O)c1ccc(F)cc1F. The van der Waals surface area contributed by atoms with Crippen molar-refractivity contribution in [1.29, 1.82) is 0 Å². The fourth-order valence-corrected chi connectivity index (χ4v) is 2.06. The van der Waals surface area contributed by atoms with E-state index in [1.807, 2.05) is 0 Å². The molecular weight excluding hydrogens is 366 g/mol. The third-order valence-electron chi connectivity index (χ3n) is 3.46. The molecule has 10 heteroatoms. The van der Waals surface area contributed by atoms with Crippen molar-refractivity contribution in [3.63, 3.8) is 0 Å². The van der Waals surface area contributed by atoms with Crippen molar-refractivity contribution in [2.75, 3.05) is 12.4 Å². The zero-order valence-corrected chi connectivity index (χ0v) is 14.2. The molecule has 0 aliphatic rings. The van der Waals surface area contributed by atoms with Crippen molar-refractivity contribution >= 4 is 23.3 Å². The van der Waals surface area contributed by atoms with Crippen LogP contribution >= 0.6 is 0 Å². The summed E-state index contributed by atoms with van der Waals surface area (Å²) in [5.41, 5.74) is -0.649. The van der Waals surface area contributed by atoms with Gasteiger partial charge in [0.05, 0.1) is 29.4 Å². The van der Waals surface area contributed by atoms with Gasteiger partial charge in [-0.3, -0.25) is 14.9 Å². The lowest BCUT2D eigenvalue weighted by Gasteiger charge is -2.15. The summed E-state index contributed by atoms with van der Waals surface area (Å²) in [5.74, 6) is -3.88. The second-order valence-corrected chi connectivity index (χ2v) is 5.30. The number of carbonyl (C=O) groups excluding carboxylic acids is 2. The minimum Gasteiger partial charge on any atom is -0.494 e. The Morgan fingerprint density at radius 3 is 2.48 bits per heavy atom. The van der Waals surface area contributed by atoms with E-state index in [4.69, 9.17) is 9.47 Å². The number of ether oxygens (including phenoxy) is 2. The molecule has 0 aliphatic heterocycles. The number of nitro benzene ring substituents is 1. The van der Waals surface area contributed by atoms with Gasteiger partial charge in [-0.05, 0) is 25.1 Å². The first-order valence-corrected chi connectivity index (χ1v) is 7.52. The van der Waals surface area contributed by atoms with E-state index in [0.29, 0.717) is 6.07 Å². The summed E-state index contributed by atoms with van der Waals surface area (Å²) in [5, 5.41) is 13.2. The molecule has 142 valence electrons. The molecule has 0 bridgehead atoms. The monoisotopic (exact) mass is 380 g/mol. The van der Waals surface area contributed by atoms with Crippen LogP contribution in [-0.2, 0) is 9.53 Å². The van der Waals surface area contributed by atoms with Crippen LogP contribution in [-0.4, -0.2) is 30.0 Å². The molecule has 0 aromatic heterocycles. The predicted octanol–water partition coefficient (Wildman–Crippen LogP) is 3.07. The number of amides is 1. The van der Waals surface area contributed by atoms with Crippen LogP contribution in [0.15, 0.2) is 36.4 Å². The number of nitrogens with one attached hydrogen (secondary N) is 1. The lowest BCUT2D eigenvalue weighted by Crippen LogP contribution is -2.30. The van der Waals surface area contributed by atoms with E-state index in [0.717, 1.165) is 24.3 Å². The molecule has 0 saturated carbocycles. The van der Waals surface area contributed by atoms with Crippen LogP contribution in [0.25, 0.3) is 0 Å². The Morgan fingerprint density at radius 1 is 1.19 bits per heavy atom. The average molecular weight is 380 g/mol. The number of esters is 1. The van der Waals surface area contributed by atoms with Gasteiger partial charge in [0, 0.05) is 12.1 Å². The van der Waals surface area contributed by atoms with E-state index < -0.39 is 40.1 Å². The third-order valence-corrected chi connectivity index (χ3v) is 3.46. The van der Waals surface area contributed by atoms with Gasteiger partial charge in [0.15, 0.2) is 6.10 Å². The number of nitro groups is 1. The van der Waals surface area contributed by atoms with E-state index in [1.165, 1.54) is 20.1 Å². The lowest BCUT2D eigenvalue weighted by molar-refractivity contribution is -0.384. The van der Waals surface area contributed by atoms with Gasteiger partial charge in [0.25, 0.3) is 11.6 Å². The molecule has 1 atom stereocenters. The van der Waals surface area contributed by atoms with Crippen molar-refractivity contribution in [3.8, 4) is 5.75 Å². The van der Waals surface area contributed by atoms with Crippen LogP contribution in [0.4, 0.5) is 20.2 Å². The first-order valence-electron chi connectivity index (χ1n) is 7.52. The Morgan fingerprint density at radius 2 is 1.89 bits per heavy atom. The molecule has 0 spiro atoms. The van der Waals surface area contributed by atoms with Crippen molar-refractivity contribution in [2.45, 2.75) is 13.0 Å².